The van der Waals surface area contributed by atoms with E-state index in [1.807, 2.05) is 18.2 Å². The molecule has 0 amide bonds. The molecular formula is C14H21NO2. The Balaban J connectivity index is 2.14. The minimum atomic E-state index is 0.0966. The quantitative estimate of drug-likeness (QED) is 0.819. The number of benzene rings is 1. The van der Waals surface area contributed by atoms with Crippen LogP contribution in [-0.4, -0.2) is 29.4 Å². The molecule has 0 aromatic heterocycles. The van der Waals surface area contributed by atoms with Crippen LogP contribution in [-0.2, 0) is 6.61 Å². The summed E-state index contributed by atoms with van der Waals surface area (Å²) >= 11 is 0. The molecule has 1 unspecified atom stereocenters. The van der Waals surface area contributed by atoms with Gasteiger partial charge in [0, 0.05) is 30.4 Å². The van der Waals surface area contributed by atoms with Gasteiger partial charge in [-0.25, -0.2) is 0 Å². The first-order chi connectivity index (χ1) is 8.36. The summed E-state index contributed by atoms with van der Waals surface area (Å²) in [5.74, 6) is 0. The highest BCUT2D eigenvalue weighted by atomic mass is 16.3. The van der Waals surface area contributed by atoms with Crippen molar-refractivity contribution in [2.24, 2.45) is 0 Å². The van der Waals surface area contributed by atoms with Crippen LogP contribution in [0.25, 0.3) is 0 Å². The molecular weight excluding hydrogens is 214 g/mol. The maximum Gasteiger partial charge on any atom is 0.0702 e. The zero-order valence-corrected chi connectivity index (χ0v) is 10.2. The normalized spacial score (nSPS) is 19.9. The first kappa shape index (κ1) is 12.4. The Morgan fingerprint density at radius 3 is 2.82 bits per heavy atom. The monoisotopic (exact) mass is 235 g/mol. The van der Waals surface area contributed by atoms with Crippen molar-refractivity contribution in [2.75, 3.05) is 18.1 Å². The summed E-state index contributed by atoms with van der Waals surface area (Å²) in [7, 11) is 0. The van der Waals surface area contributed by atoms with Crippen molar-refractivity contribution >= 4 is 5.69 Å². The van der Waals surface area contributed by atoms with Gasteiger partial charge in [0.15, 0.2) is 0 Å². The average Bonchev–Trinajstić information content (AvgIpc) is 2.84. The topological polar surface area (TPSA) is 43.7 Å². The Morgan fingerprint density at radius 2 is 2.06 bits per heavy atom. The first-order valence-electron chi connectivity index (χ1n) is 6.43. The van der Waals surface area contributed by atoms with Gasteiger partial charge in [-0.05, 0) is 31.7 Å². The summed E-state index contributed by atoms with van der Waals surface area (Å²) in [6.07, 6.45) is 4.30. The van der Waals surface area contributed by atoms with E-state index in [9.17, 15) is 5.11 Å². The zero-order chi connectivity index (χ0) is 12.1. The molecule has 3 nitrogen and oxygen atoms in total. The largest absolute Gasteiger partial charge is 0.396 e. The lowest BCUT2D eigenvalue weighted by molar-refractivity contribution is 0.277. The molecule has 1 aromatic rings. The molecule has 0 bridgehead atoms. The SMILES string of the molecule is OCCCC1CCCN1c1ccccc1CO. The number of hydrogen-bond acceptors (Lipinski definition) is 3. The number of aliphatic hydroxyl groups excluding tert-OH is 2. The first-order valence-corrected chi connectivity index (χ1v) is 6.43. The molecule has 0 aliphatic carbocycles. The summed E-state index contributed by atoms with van der Waals surface area (Å²) in [4.78, 5) is 2.39. The van der Waals surface area contributed by atoms with E-state index in [1.165, 1.54) is 12.8 Å². The molecule has 3 heteroatoms. The second kappa shape index (κ2) is 6.03. The molecule has 2 rings (SSSR count). The highest BCUT2D eigenvalue weighted by Crippen LogP contribution is 2.30. The maximum absolute atomic E-state index is 9.37. The zero-order valence-electron chi connectivity index (χ0n) is 10.2. The molecule has 1 aliphatic heterocycles. The number of rotatable bonds is 5. The summed E-state index contributed by atoms with van der Waals surface area (Å²) in [5.41, 5.74) is 2.17. The molecule has 94 valence electrons. The second-order valence-corrected chi connectivity index (χ2v) is 4.64. The summed E-state index contributed by atoms with van der Waals surface area (Å²) in [5, 5.41) is 18.3. The van der Waals surface area contributed by atoms with Gasteiger partial charge < -0.3 is 15.1 Å². The fourth-order valence-corrected chi connectivity index (χ4v) is 2.70. The van der Waals surface area contributed by atoms with Crippen LogP contribution in [0.2, 0.25) is 0 Å². The predicted octanol–water partition coefficient (Wildman–Crippen LogP) is 1.92. The van der Waals surface area contributed by atoms with Gasteiger partial charge in [0.2, 0.25) is 0 Å². The minimum Gasteiger partial charge on any atom is -0.396 e. The maximum atomic E-state index is 9.37. The Hall–Kier alpha value is -1.06. The van der Waals surface area contributed by atoms with Gasteiger partial charge >= 0.3 is 0 Å². The number of nitrogens with zero attached hydrogens (tertiary/aromatic N) is 1. The second-order valence-electron chi connectivity index (χ2n) is 4.64. The van der Waals surface area contributed by atoms with E-state index in [2.05, 4.69) is 11.0 Å². The van der Waals surface area contributed by atoms with E-state index in [0.29, 0.717) is 6.04 Å². The molecule has 0 saturated carbocycles. The molecule has 17 heavy (non-hydrogen) atoms. The highest BCUT2D eigenvalue weighted by Gasteiger charge is 2.25. The van der Waals surface area contributed by atoms with Crippen LogP contribution in [0, 0.1) is 0 Å². The van der Waals surface area contributed by atoms with E-state index >= 15 is 0 Å². The van der Waals surface area contributed by atoms with Gasteiger partial charge in [-0.1, -0.05) is 18.2 Å². The lowest BCUT2D eigenvalue weighted by Gasteiger charge is -2.28. The van der Waals surface area contributed by atoms with Crippen molar-refractivity contribution < 1.29 is 10.2 Å². The van der Waals surface area contributed by atoms with Gasteiger partial charge in [0.05, 0.1) is 6.61 Å². The van der Waals surface area contributed by atoms with E-state index in [1.54, 1.807) is 0 Å². The average molecular weight is 235 g/mol. The molecule has 1 heterocycles. The van der Waals surface area contributed by atoms with Crippen LogP contribution in [0.3, 0.4) is 0 Å². The van der Waals surface area contributed by atoms with Crippen LogP contribution in [0.15, 0.2) is 24.3 Å². The fraction of sp³-hybridized carbons (Fsp3) is 0.571. The third-order valence-electron chi connectivity index (χ3n) is 3.54. The van der Waals surface area contributed by atoms with E-state index in [4.69, 9.17) is 5.11 Å². The smallest absolute Gasteiger partial charge is 0.0702 e. The molecule has 2 N–H and O–H groups in total. The van der Waals surface area contributed by atoms with Gasteiger partial charge in [-0.2, -0.15) is 0 Å². The molecule has 0 spiro atoms. The van der Waals surface area contributed by atoms with Crippen molar-refractivity contribution in [1.29, 1.82) is 0 Å². The van der Waals surface area contributed by atoms with E-state index < -0.39 is 0 Å². The third-order valence-corrected chi connectivity index (χ3v) is 3.54. The Morgan fingerprint density at radius 1 is 1.24 bits per heavy atom. The summed E-state index contributed by atoms with van der Waals surface area (Å²) in [6, 6.07) is 8.58. The number of aliphatic hydroxyl groups is 2. The predicted molar refractivity (Wildman–Crippen MR) is 69.1 cm³/mol. The Kier molecular flexibility index (Phi) is 4.40. The van der Waals surface area contributed by atoms with Crippen LogP contribution in [0.5, 0.6) is 0 Å². The van der Waals surface area contributed by atoms with Gasteiger partial charge in [-0.15, -0.1) is 0 Å². The molecule has 1 aromatic carbocycles. The Labute approximate surface area is 103 Å². The lowest BCUT2D eigenvalue weighted by Crippen LogP contribution is -2.30. The van der Waals surface area contributed by atoms with E-state index in [0.717, 1.165) is 30.6 Å². The standard InChI is InChI=1S/C14H21NO2/c16-10-4-7-13-6-3-9-15(13)14-8-2-1-5-12(14)11-17/h1-2,5,8,13,16-17H,3-4,6-7,9-11H2. The van der Waals surface area contributed by atoms with Crippen molar-refractivity contribution in [2.45, 2.75) is 38.3 Å². The molecule has 1 aliphatic rings. The lowest BCUT2D eigenvalue weighted by atomic mass is 10.1. The Bertz CT molecular complexity index is 354. The van der Waals surface area contributed by atoms with Crippen LogP contribution >= 0.6 is 0 Å². The van der Waals surface area contributed by atoms with Crippen LogP contribution in [0.4, 0.5) is 5.69 Å². The fourth-order valence-electron chi connectivity index (χ4n) is 2.70. The van der Waals surface area contributed by atoms with Crippen molar-refractivity contribution in [3.05, 3.63) is 29.8 Å². The number of anilines is 1. The minimum absolute atomic E-state index is 0.0966. The third kappa shape index (κ3) is 2.79. The molecule has 1 fully saturated rings. The molecule has 1 saturated heterocycles. The summed E-state index contributed by atoms with van der Waals surface area (Å²) in [6.45, 7) is 1.43. The number of para-hydroxylation sites is 1. The van der Waals surface area contributed by atoms with Crippen LogP contribution < -0.4 is 4.90 Å². The molecule has 1 atom stereocenters. The van der Waals surface area contributed by atoms with Gasteiger partial charge in [0.1, 0.15) is 0 Å². The van der Waals surface area contributed by atoms with Gasteiger partial charge in [-0.3, -0.25) is 0 Å². The summed E-state index contributed by atoms with van der Waals surface area (Å²) < 4.78 is 0. The van der Waals surface area contributed by atoms with Crippen molar-refractivity contribution in [3.63, 3.8) is 0 Å². The number of hydrogen-bond donors (Lipinski definition) is 2. The van der Waals surface area contributed by atoms with Crippen LogP contribution in [0.1, 0.15) is 31.2 Å². The highest BCUT2D eigenvalue weighted by molar-refractivity contribution is 5.54. The van der Waals surface area contributed by atoms with Gasteiger partial charge in [0.25, 0.3) is 0 Å². The van der Waals surface area contributed by atoms with Crippen molar-refractivity contribution in [1.82, 2.24) is 0 Å². The van der Waals surface area contributed by atoms with Crippen molar-refractivity contribution in [3.8, 4) is 0 Å². The molecule has 0 radical (unpaired) electrons. The van der Waals surface area contributed by atoms with E-state index in [-0.39, 0.29) is 13.2 Å².